The molecule has 2 N–H and O–H groups in total. The lowest BCUT2D eigenvalue weighted by atomic mass is 10.2. The number of nitro groups is 1. The van der Waals surface area contributed by atoms with Gasteiger partial charge in [0.15, 0.2) is 0 Å². The number of aliphatic hydroxyl groups excluding tert-OH is 1. The molecule has 5 nitrogen and oxygen atoms in total. The van der Waals surface area contributed by atoms with Crippen molar-refractivity contribution in [3.63, 3.8) is 0 Å². The van der Waals surface area contributed by atoms with Crippen molar-refractivity contribution >= 4 is 27.3 Å². The predicted molar refractivity (Wildman–Crippen MR) is 56.4 cm³/mol. The number of anilines is 1. The molecule has 0 fully saturated rings. The quantitative estimate of drug-likeness (QED) is 0.639. The van der Waals surface area contributed by atoms with Crippen molar-refractivity contribution < 1.29 is 10.0 Å². The Morgan fingerprint density at radius 2 is 2.29 bits per heavy atom. The number of nitrogens with one attached hydrogen (secondary N) is 1. The van der Waals surface area contributed by atoms with Crippen LogP contribution in [0.4, 0.5) is 11.4 Å². The Morgan fingerprint density at radius 3 is 2.86 bits per heavy atom. The van der Waals surface area contributed by atoms with Crippen LogP contribution in [0.2, 0.25) is 0 Å². The summed E-state index contributed by atoms with van der Waals surface area (Å²) in [5.74, 6) is 0. The molecule has 0 heterocycles. The zero-order valence-corrected chi connectivity index (χ0v) is 8.82. The maximum Gasteiger partial charge on any atom is 0.292 e. The topological polar surface area (TPSA) is 75.4 Å². The summed E-state index contributed by atoms with van der Waals surface area (Å²) in [4.78, 5) is 10.1. The van der Waals surface area contributed by atoms with Crippen molar-refractivity contribution in [2.24, 2.45) is 0 Å². The van der Waals surface area contributed by atoms with Gasteiger partial charge in [-0.25, -0.2) is 0 Å². The molecule has 0 aliphatic rings. The Kier molecular flexibility index (Phi) is 3.84. The highest BCUT2D eigenvalue weighted by Gasteiger charge is 2.12. The Bertz CT molecular complexity index is 343. The number of nitrogens with zero attached hydrogens (tertiary/aromatic N) is 1. The molecule has 76 valence electrons. The van der Waals surface area contributed by atoms with E-state index in [1.807, 2.05) is 0 Å². The molecule has 0 bridgehead atoms. The lowest BCUT2D eigenvalue weighted by Crippen LogP contribution is -2.07. The highest BCUT2D eigenvalue weighted by molar-refractivity contribution is 9.10. The maximum absolute atomic E-state index is 10.6. The van der Waals surface area contributed by atoms with Crippen LogP contribution < -0.4 is 5.32 Å². The molecule has 0 aliphatic heterocycles. The van der Waals surface area contributed by atoms with E-state index in [1.54, 1.807) is 12.1 Å². The third-order valence-electron chi connectivity index (χ3n) is 1.58. The van der Waals surface area contributed by atoms with Gasteiger partial charge in [-0.2, -0.15) is 0 Å². The first-order valence-electron chi connectivity index (χ1n) is 3.94. The van der Waals surface area contributed by atoms with E-state index in [9.17, 15) is 10.1 Å². The molecule has 1 aromatic carbocycles. The molecule has 1 aromatic rings. The molecular formula is C8H9BrN2O3. The number of aliphatic hydroxyl groups is 1. The first-order valence-corrected chi connectivity index (χ1v) is 4.73. The Balaban J connectivity index is 2.97. The summed E-state index contributed by atoms with van der Waals surface area (Å²) in [5.41, 5.74) is 0.403. The second-order valence-electron chi connectivity index (χ2n) is 2.57. The number of halogens is 1. The van der Waals surface area contributed by atoms with Gasteiger partial charge in [0.2, 0.25) is 0 Å². The number of benzene rings is 1. The Hall–Kier alpha value is -1.14. The Labute approximate surface area is 89.0 Å². The summed E-state index contributed by atoms with van der Waals surface area (Å²) in [6, 6.07) is 4.61. The zero-order chi connectivity index (χ0) is 10.6. The second kappa shape index (κ2) is 4.92. The summed E-state index contributed by atoms with van der Waals surface area (Å²) in [7, 11) is 0. The van der Waals surface area contributed by atoms with Gasteiger partial charge < -0.3 is 10.4 Å². The third kappa shape index (κ3) is 2.68. The average molecular weight is 261 g/mol. The van der Waals surface area contributed by atoms with E-state index < -0.39 is 4.92 Å². The molecule has 1 rings (SSSR count). The van der Waals surface area contributed by atoms with E-state index in [0.29, 0.717) is 5.69 Å². The van der Waals surface area contributed by atoms with Gasteiger partial charge in [-0.1, -0.05) is 15.9 Å². The molecule has 0 spiro atoms. The fourth-order valence-corrected chi connectivity index (χ4v) is 1.36. The van der Waals surface area contributed by atoms with Gasteiger partial charge in [-0.3, -0.25) is 10.1 Å². The SMILES string of the molecule is O=[N+]([O-])c1ccc(Br)cc1NCCO. The van der Waals surface area contributed by atoms with Crippen LogP contribution in [0.15, 0.2) is 22.7 Å². The van der Waals surface area contributed by atoms with Crippen molar-refractivity contribution in [1.29, 1.82) is 0 Å². The van der Waals surface area contributed by atoms with Crippen molar-refractivity contribution in [2.75, 3.05) is 18.5 Å². The van der Waals surface area contributed by atoms with Crippen molar-refractivity contribution in [3.05, 3.63) is 32.8 Å². The molecule has 0 aromatic heterocycles. The van der Waals surface area contributed by atoms with Gasteiger partial charge in [0.05, 0.1) is 11.5 Å². The van der Waals surface area contributed by atoms with Gasteiger partial charge in [-0.15, -0.1) is 0 Å². The molecule has 6 heteroatoms. The summed E-state index contributed by atoms with van der Waals surface area (Å²) >= 11 is 3.21. The van der Waals surface area contributed by atoms with Crippen LogP contribution in [0.25, 0.3) is 0 Å². The molecule has 0 saturated heterocycles. The zero-order valence-electron chi connectivity index (χ0n) is 7.24. The average Bonchev–Trinajstić information content (AvgIpc) is 2.14. The van der Waals surface area contributed by atoms with E-state index in [-0.39, 0.29) is 18.8 Å². The number of hydrogen-bond acceptors (Lipinski definition) is 4. The van der Waals surface area contributed by atoms with Crippen molar-refractivity contribution in [3.8, 4) is 0 Å². The predicted octanol–water partition coefficient (Wildman–Crippen LogP) is 1.76. The summed E-state index contributed by atoms with van der Waals surface area (Å²) in [5, 5.41) is 21.9. The van der Waals surface area contributed by atoms with Crippen molar-refractivity contribution in [2.45, 2.75) is 0 Å². The highest BCUT2D eigenvalue weighted by atomic mass is 79.9. The smallest absolute Gasteiger partial charge is 0.292 e. The molecule has 0 atom stereocenters. The summed E-state index contributed by atoms with van der Waals surface area (Å²) in [6.07, 6.45) is 0. The fourth-order valence-electron chi connectivity index (χ4n) is 1.000. The molecule has 0 aliphatic carbocycles. The molecule has 0 unspecified atom stereocenters. The van der Waals surface area contributed by atoms with Crippen LogP contribution in [0, 0.1) is 10.1 Å². The maximum atomic E-state index is 10.6. The lowest BCUT2D eigenvalue weighted by molar-refractivity contribution is -0.384. The van der Waals surface area contributed by atoms with Gasteiger partial charge in [0.25, 0.3) is 5.69 Å². The number of rotatable bonds is 4. The standard InChI is InChI=1S/C8H9BrN2O3/c9-6-1-2-8(11(13)14)7(5-6)10-3-4-12/h1-2,5,10,12H,3-4H2. The third-order valence-corrected chi connectivity index (χ3v) is 2.08. The largest absolute Gasteiger partial charge is 0.395 e. The lowest BCUT2D eigenvalue weighted by Gasteiger charge is -2.05. The van der Waals surface area contributed by atoms with Gasteiger partial charge in [-0.05, 0) is 12.1 Å². The monoisotopic (exact) mass is 260 g/mol. The van der Waals surface area contributed by atoms with Crippen molar-refractivity contribution in [1.82, 2.24) is 0 Å². The van der Waals surface area contributed by atoms with E-state index >= 15 is 0 Å². The highest BCUT2D eigenvalue weighted by Crippen LogP contribution is 2.27. The molecule has 14 heavy (non-hydrogen) atoms. The van der Waals surface area contributed by atoms with Crippen LogP contribution in [0.5, 0.6) is 0 Å². The van der Waals surface area contributed by atoms with Crippen LogP contribution in [0.3, 0.4) is 0 Å². The minimum absolute atomic E-state index is 0.00153. The normalized spacial score (nSPS) is 9.86. The molecule has 0 radical (unpaired) electrons. The van der Waals surface area contributed by atoms with E-state index in [2.05, 4.69) is 21.2 Å². The minimum atomic E-state index is -0.466. The first kappa shape index (κ1) is 10.9. The first-order chi connectivity index (χ1) is 6.65. The molecule has 0 amide bonds. The van der Waals surface area contributed by atoms with Gasteiger partial charge >= 0.3 is 0 Å². The molecular weight excluding hydrogens is 252 g/mol. The van der Waals surface area contributed by atoms with E-state index in [4.69, 9.17) is 5.11 Å². The van der Waals surface area contributed by atoms with Crippen LogP contribution in [-0.4, -0.2) is 23.2 Å². The second-order valence-corrected chi connectivity index (χ2v) is 3.48. The van der Waals surface area contributed by atoms with E-state index in [0.717, 1.165) is 4.47 Å². The summed E-state index contributed by atoms with van der Waals surface area (Å²) in [6.45, 7) is 0.223. The van der Waals surface area contributed by atoms with E-state index in [1.165, 1.54) is 6.07 Å². The minimum Gasteiger partial charge on any atom is -0.395 e. The van der Waals surface area contributed by atoms with Crippen LogP contribution in [0.1, 0.15) is 0 Å². The number of nitro benzene ring substituents is 1. The number of hydrogen-bond donors (Lipinski definition) is 2. The van der Waals surface area contributed by atoms with Crippen LogP contribution >= 0.6 is 15.9 Å². The van der Waals surface area contributed by atoms with Gasteiger partial charge in [0, 0.05) is 17.1 Å². The summed E-state index contributed by atoms with van der Waals surface area (Å²) < 4.78 is 0.753. The van der Waals surface area contributed by atoms with Crippen LogP contribution in [-0.2, 0) is 0 Å². The fraction of sp³-hybridized carbons (Fsp3) is 0.250. The Morgan fingerprint density at radius 1 is 1.57 bits per heavy atom. The van der Waals surface area contributed by atoms with Gasteiger partial charge in [0.1, 0.15) is 5.69 Å². The molecule has 0 saturated carbocycles.